The first-order valence-corrected chi connectivity index (χ1v) is 33.5. The maximum atomic E-state index is 17.1. The predicted molar refractivity (Wildman–Crippen MR) is 298 cm³/mol. The van der Waals surface area contributed by atoms with Gasteiger partial charge in [-0.15, -0.1) is 0 Å². The van der Waals surface area contributed by atoms with E-state index in [1.807, 2.05) is 0 Å². The van der Waals surface area contributed by atoms with Gasteiger partial charge in [-0.05, 0) is 223 Å². The summed E-state index contributed by atoms with van der Waals surface area (Å²) in [5.74, 6) is 3.94. The van der Waals surface area contributed by atoms with Crippen LogP contribution in [0.3, 0.4) is 0 Å². The minimum Gasteiger partial charge on any atom is -0.508 e. The minimum absolute atomic E-state index is 0.0897. The van der Waals surface area contributed by atoms with Gasteiger partial charge in [0.2, 0.25) is 0 Å². The lowest BCUT2D eigenvalue weighted by atomic mass is 9.26. The lowest BCUT2D eigenvalue weighted by Gasteiger charge is -2.74. The summed E-state index contributed by atoms with van der Waals surface area (Å²) in [6.07, 6.45) is 38.9. The molecule has 12 fully saturated rings. The molecule has 8 aliphatic heterocycles. The highest BCUT2D eigenvalue weighted by molar-refractivity contribution is 6.00. The molecule has 5 saturated heterocycles. The van der Waals surface area contributed by atoms with E-state index in [0.29, 0.717) is 88.8 Å². The van der Waals surface area contributed by atoms with Crippen molar-refractivity contribution in [2.24, 2.45) is 97.4 Å². The van der Waals surface area contributed by atoms with Gasteiger partial charge in [0.15, 0.2) is 11.4 Å². The van der Waals surface area contributed by atoms with Gasteiger partial charge in [0, 0.05) is 66.1 Å². The number of aliphatic hydroxyl groups is 1. The second kappa shape index (κ2) is 15.4. The first kappa shape index (κ1) is 47.2. The topological polar surface area (TPSA) is 105 Å². The van der Waals surface area contributed by atoms with Crippen molar-refractivity contribution >= 4 is 11.9 Å². The molecule has 7 saturated carbocycles. The van der Waals surface area contributed by atoms with Crippen LogP contribution >= 0.6 is 0 Å². The van der Waals surface area contributed by atoms with Crippen molar-refractivity contribution in [2.45, 2.75) is 223 Å². The van der Waals surface area contributed by atoms with Crippen LogP contribution in [0.2, 0.25) is 0 Å². The third kappa shape index (κ3) is 5.09. The monoisotopic (exact) mass is 1050 g/mol. The number of ether oxygens (including phenoxy) is 2. The fourth-order valence-electron chi connectivity index (χ4n) is 28.0. The SMILES string of the molecule is CC1CC2=C3C4C5=C6C7CC14CCC7=CC(C1CCCCC1)CC1C64C(=O)OC(=C(O)C6CC7CCC8(CC9(CCCC9)C9(CCCC9)C8)C6N6CC8CC(CN3C8CC2)C76)C4(CC5)C12OC(=O)c1c(CCCN)cccc12. The lowest BCUT2D eigenvalue weighted by Crippen LogP contribution is -2.78. The molecular formula is C70H89N3O5. The van der Waals surface area contributed by atoms with Crippen LogP contribution < -0.4 is 5.73 Å². The minimum atomic E-state index is -1.14. The normalized spacial score (nSPS) is 47.6. The molecular weight excluding hydrogens is 963 g/mol. The summed E-state index contributed by atoms with van der Waals surface area (Å²) in [5, 5.41) is 14.7. The summed E-state index contributed by atoms with van der Waals surface area (Å²) in [6.45, 7) is 5.58. The molecule has 0 aromatic heterocycles. The van der Waals surface area contributed by atoms with Crippen LogP contribution in [-0.4, -0.2) is 64.6 Å². The van der Waals surface area contributed by atoms with Gasteiger partial charge in [0.05, 0.1) is 11.0 Å². The Morgan fingerprint density at radius 1 is 0.808 bits per heavy atom. The van der Waals surface area contributed by atoms with Gasteiger partial charge in [0.25, 0.3) is 0 Å². The van der Waals surface area contributed by atoms with Crippen molar-refractivity contribution < 1.29 is 24.2 Å². The zero-order chi connectivity index (χ0) is 51.7. The number of esters is 2. The number of allylic oxidation sites excluding steroid dienone is 4. The fourth-order valence-corrected chi connectivity index (χ4v) is 28.0. The Morgan fingerprint density at radius 2 is 1.62 bits per heavy atom. The summed E-state index contributed by atoms with van der Waals surface area (Å²) >= 11 is 0. The lowest BCUT2D eigenvalue weighted by molar-refractivity contribution is -0.284. The summed E-state index contributed by atoms with van der Waals surface area (Å²) in [6, 6.07) is 7.90. The number of aliphatic hydroxyl groups excluding tert-OH is 1. The summed E-state index contributed by atoms with van der Waals surface area (Å²) in [7, 11) is 0. The third-order valence-electron chi connectivity index (χ3n) is 29.9. The highest BCUT2D eigenvalue weighted by atomic mass is 16.6. The maximum absolute atomic E-state index is 17.1. The van der Waals surface area contributed by atoms with Crippen LogP contribution in [-0.2, 0) is 26.3 Å². The zero-order valence-electron chi connectivity index (χ0n) is 47.2. The molecule has 20 rings (SSSR count). The van der Waals surface area contributed by atoms with E-state index in [-0.39, 0.29) is 46.6 Å². The molecule has 11 aliphatic carbocycles. The molecule has 16 unspecified atom stereocenters. The number of hydrogen-bond donors (Lipinski definition) is 2. The Labute approximate surface area is 464 Å². The third-order valence-corrected chi connectivity index (χ3v) is 29.9. The summed E-state index contributed by atoms with van der Waals surface area (Å²) in [4.78, 5) is 39.1. The highest BCUT2D eigenvalue weighted by Crippen LogP contribution is 2.90. The van der Waals surface area contributed by atoms with E-state index in [0.717, 1.165) is 68.2 Å². The molecule has 0 radical (unpaired) electrons. The first-order chi connectivity index (χ1) is 38.1. The summed E-state index contributed by atoms with van der Waals surface area (Å²) < 4.78 is 15.3. The molecule has 3 N–H and O–H groups in total. The van der Waals surface area contributed by atoms with Crippen LogP contribution in [0.25, 0.3) is 0 Å². The van der Waals surface area contributed by atoms with Crippen LogP contribution in [0.15, 0.2) is 63.8 Å². The quantitative estimate of drug-likeness (QED) is 0.227. The van der Waals surface area contributed by atoms with Crippen LogP contribution in [0, 0.1) is 91.7 Å². The van der Waals surface area contributed by atoms with Gasteiger partial charge in [0.1, 0.15) is 11.2 Å². The van der Waals surface area contributed by atoms with E-state index in [1.165, 1.54) is 153 Å². The van der Waals surface area contributed by atoms with Crippen molar-refractivity contribution in [1.82, 2.24) is 9.80 Å². The van der Waals surface area contributed by atoms with E-state index in [1.54, 1.807) is 22.4 Å². The smallest absolute Gasteiger partial charge is 0.339 e. The van der Waals surface area contributed by atoms with Gasteiger partial charge in [-0.3, -0.25) is 9.69 Å². The second-order valence-electron chi connectivity index (χ2n) is 31.7. The van der Waals surface area contributed by atoms with Gasteiger partial charge in [-0.1, -0.05) is 92.9 Å². The maximum Gasteiger partial charge on any atom is 0.339 e. The number of rotatable bonds is 4. The molecule has 78 heavy (non-hydrogen) atoms. The van der Waals surface area contributed by atoms with E-state index in [2.05, 4.69) is 41.0 Å². The first-order valence-electron chi connectivity index (χ1n) is 33.5. The number of fused-ring (bicyclic) bond motifs is 8. The Kier molecular flexibility index (Phi) is 9.34. The highest BCUT2D eigenvalue weighted by Gasteiger charge is 2.94. The van der Waals surface area contributed by atoms with E-state index in [4.69, 9.17) is 15.2 Å². The number of hydrogen-bond acceptors (Lipinski definition) is 8. The Morgan fingerprint density at radius 3 is 2.41 bits per heavy atom. The molecule has 7 spiro atoms. The van der Waals surface area contributed by atoms with Crippen LogP contribution in [0.4, 0.5) is 0 Å². The van der Waals surface area contributed by atoms with Gasteiger partial charge in [-0.2, -0.15) is 0 Å². The van der Waals surface area contributed by atoms with E-state index < -0.39 is 16.4 Å². The molecule has 19 aliphatic rings. The zero-order valence-corrected chi connectivity index (χ0v) is 47.2. The number of nitrogens with zero attached hydrogens (tertiary/aromatic N) is 2. The number of piperidine rings is 3. The van der Waals surface area contributed by atoms with Gasteiger partial charge >= 0.3 is 11.9 Å². The molecule has 1 aromatic carbocycles. The van der Waals surface area contributed by atoms with Crippen molar-refractivity contribution in [3.05, 3.63) is 80.5 Å². The Balaban J connectivity index is 0.918. The van der Waals surface area contributed by atoms with Gasteiger partial charge in [-0.25, -0.2) is 4.79 Å². The van der Waals surface area contributed by atoms with Gasteiger partial charge < -0.3 is 25.2 Å². The summed E-state index contributed by atoms with van der Waals surface area (Å²) in [5.41, 5.74) is 15.1. The predicted octanol–water partition coefficient (Wildman–Crippen LogP) is 13.7. The molecule has 414 valence electrons. The number of carbonyl (C=O) groups is 2. The fraction of sp³-hybridized carbons (Fsp3) is 0.771. The van der Waals surface area contributed by atoms with Crippen molar-refractivity contribution in [2.75, 3.05) is 19.6 Å². The molecule has 16 atom stereocenters. The van der Waals surface area contributed by atoms with Crippen molar-refractivity contribution in [1.29, 1.82) is 0 Å². The van der Waals surface area contributed by atoms with E-state index >= 15 is 9.59 Å². The Bertz CT molecular complexity index is 2990. The average molecular weight is 1050 g/mol. The average Bonchev–Trinajstić information content (AvgIpc) is 1.57. The number of aryl methyl sites for hydroxylation is 1. The molecule has 1 aromatic rings. The standard InChI is InChI=1S/C70H89N3O5/c1-39-29-43-16-17-52-46-31-47-36-72(52)58(43)56-48-20-27-68-61(59(74)49-32-44-18-25-64(60(49)73(35-46)57(44)47)37-65(21-5-6-22-65)66(38-64)23-7-8-24-66)77-63(76)69(68)53(70(68)51-15-9-13-41(14-10-28-71)54(51)62(75)78-70)33-45(40-11-3-2-4-12-40)30-42-19-26-67(39,56)34-50(42)55(48)69/h9,13,15,30,39-40,44-47,49-50,52-53,56-57,60,74H,2-8,10-12,14,16-29,31-38,71H2,1H3. The number of nitrogens with two attached hydrogens (primary N) is 1. The molecule has 8 heterocycles. The largest absolute Gasteiger partial charge is 0.508 e. The van der Waals surface area contributed by atoms with Crippen LogP contribution in [0.5, 0.6) is 0 Å². The van der Waals surface area contributed by atoms with Crippen LogP contribution in [0.1, 0.15) is 215 Å². The van der Waals surface area contributed by atoms with E-state index in [9.17, 15) is 5.11 Å². The van der Waals surface area contributed by atoms with Crippen molar-refractivity contribution in [3.8, 4) is 0 Å². The molecule has 11 bridgehead atoms. The molecule has 0 amide bonds. The van der Waals surface area contributed by atoms with Crippen molar-refractivity contribution in [3.63, 3.8) is 0 Å². The Hall–Kier alpha value is -3.36. The molecule has 8 heteroatoms. The second-order valence-corrected chi connectivity index (χ2v) is 31.7. The molecule has 8 nitrogen and oxygen atoms in total. The number of benzene rings is 1. The number of carbonyl (C=O) groups excluding carboxylic acids is 2.